The summed E-state index contributed by atoms with van der Waals surface area (Å²) in [6.45, 7) is 12.9. The highest BCUT2D eigenvalue weighted by Crippen LogP contribution is 2.23. The van der Waals surface area contributed by atoms with Gasteiger partial charge >= 0.3 is 0 Å². The van der Waals surface area contributed by atoms with Gasteiger partial charge in [0.05, 0.1) is 0 Å². The molecule has 1 aliphatic rings. The van der Waals surface area contributed by atoms with Gasteiger partial charge in [0.1, 0.15) is 0 Å². The Morgan fingerprint density at radius 2 is 2.05 bits per heavy atom. The molecule has 0 radical (unpaired) electrons. The lowest BCUT2D eigenvalue weighted by Gasteiger charge is -2.36. The summed E-state index contributed by atoms with van der Waals surface area (Å²) >= 11 is 0. The van der Waals surface area contributed by atoms with Crippen LogP contribution < -0.4 is 5.32 Å². The molecule has 1 aromatic rings. The molecule has 1 saturated heterocycles. The first-order chi connectivity index (χ1) is 9.61. The van der Waals surface area contributed by atoms with Crippen molar-refractivity contribution in [1.82, 2.24) is 10.2 Å². The molecule has 1 N–H and O–H groups in total. The Kier molecular flexibility index (Phi) is 5.62. The van der Waals surface area contributed by atoms with Crippen molar-refractivity contribution in [3.05, 3.63) is 35.4 Å². The van der Waals surface area contributed by atoms with Crippen molar-refractivity contribution in [2.75, 3.05) is 19.6 Å². The van der Waals surface area contributed by atoms with Crippen LogP contribution in [0.3, 0.4) is 0 Å². The van der Waals surface area contributed by atoms with Crippen LogP contribution in [0.1, 0.15) is 50.8 Å². The lowest BCUT2D eigenvalue weighted by atomic mass is 9.90. The molecular formula is C18H30N2. The first-order valence-electron chi connectivity index (χ1n) is 8.15. The number of likely N-dealkylation sites (tertiary alicyclic amines) is 1. The van der Waals surface area contributed by atoms with Crippen LogP contribution >= 0.6 is 0 Å². The summed E-state index contributed by atoms with van der Waals surface area (Å²) in [6.07, 6.45) is 2.72. The van der Waals surface area contributed by atoms with Gasteiger partial charge in [-0.15, -0.1) is 0 Å². The van der Waals surface area contributed by atoms with Gasteiger partial charge in [-0.3, -0.25) is 0 Å². The number of hydrogen-bond donors (Lipinski definition) is 1. The van der Waals surface area contributed by atoms with Crippen LogP contribution in [0, 0.1) is 12.8 Å². The maximum Gasteiger partial charge on any atom is 0.0296 e. The average Bonchev–Trinajstić information content (AvgIpc) is 2.47. The monoisotopic (exact) mass is 274 g/mol. The fraction of sp³-hybridized carbons (Fsp3) is 0.667. The Morgan fingerprint density at radius 3 is 2.75 bits per heavy atom. The van der Waals surface area contributed by atoms with E-state index in [9.17, 15) is 0 Å². The van der Waals surface area contributed by atoms with Gasteiger partial charge in [0, 0.05) is 18.6 Å². The predicted molar refractivity (Wildman–Crippen MR) is 87.0 cm³/mol. The Balaban J connectivity index is 1.93. The normalized spacial score (nSPS) is 23.5. The van der Waals surface area contributed by atoms with Gasteiger partial charge in [0.15, 0.2) is 0 Å². The van der Waals surface area contributed by atoms with Crippen molar-refractivity contribution in [3.8, 4) is 0 Å². The Morgan fingerprint density at radius 1 is 1.30 bits per heavy atom. The molecule has 20 heavy (non-hydrogen) atoms. The largest absolute Gasteiger partial charge is 0.307 e. The van der Waals surface area contributed by atoms with Crippen molar-refractivity contribution in [2.24, 2.45) is 5.92 Å². The van der Waals surface area contributed by atoms with Crippen molar-refractivity contribution in [1.29, 1.82) is 0 Å². The molecule has 1 aliphatic heterocycles. The fourth-order valence-corrected chi connectivity index (χ4v) is 3.48. The highest BCUT2D eigenvalue weighted by molar-refractivity contribution is 5.28. The first kappa shape index (κ1) is 15.5. The van der Waals surface area contributed by atoms with E-state index in [0.29, 0.717) is 12.1 Å². The third-order valence-electron chi connectivity index (χ3n) is 4.86. The molecule has 0 spiro atoms. The summed E-state index contributed by atoms with van der Waals surface area (Å²) in [6, 6.07) is 9.73. The zero-order valence-electron chi connectivity index (χ0n) is 13.5. The molecule has 112 valence electrons. The summed E-state index contributed by atoms with van der Waals surface area (Å²) in [5.41, 5.74) is 2.82. The summed E-state index contributed by atoms with van der Waals surface area (Å²) < 4.78 is 0. The number of rotatable bonds is 5. The topological polar surface area (TPSA) is 15.3 Å². The van der Waals surface area contributed by atoms with Crippen molar-refractivity contribution < 1.29 is 0 Å². The van der Waals surface area contributed by atoms with Crippen molar-refractivity contribution in [2.45, 2.75) is 52.6 Å². The van der Waals surface area contributed by atoms with E-state index in [1.165, 1.54) is 43.6 Å². The van der Waals surface area contributed by atoms with E-state index in [1.807, 2.05) is 0 Å². The van der Waals surface area contributed by atoms with Gasteiger partial charge < -0.3 is 10.2 Å². The molecule has 2 heteroatoms. The van der Waals surface area contributed by atoms with Crippen molar-refractivity contribution >= 4 is 0 Å². The molecule has 0 bridgehead atoms. The number of piperidine rings is 1. The van der Waals surface area contributed by atoms with Crippen LogP contribution in [0.15, 0.2) is 24.3 Å². The first-order valence-corrected chi connectivity index (χ1v) is 8.15. The zero-order chi connectivity index (χ0) is 14.5. The number of hydrogen-bond acceptors (Lipinski definition) is 2. The molecule has 2 rings (SSSR count). The van der Waals surface area contributed by atoms with Gasteiger partial charge in [-0.2, -0.15) is 0 Å². The predicted octanol–water partition coefficient (Wildman–Crippen LogP) is 3.77. The fourth-order valence-electron chi connectivity index (χ4n) is 3.48. The molecule has 2 nitrogen and oxygen atoms in total. The van der Waals surface area contributed by atoms with E-state index in [-0.39, 0.29) is 0 Å². The number of benzene rings is 1. The van der Waals surface area contributed by atoms with Crippen molar-refractivity contribution in [3.63, 3.8) is 0 Å². The van der Waals surface area contributed by atoms with E-state index >= 15 is 0 Å². The quantitative estimate of drug-likeness (QED) is 0.879. The minimum atomic E-state index is 0.434. The molecule has 0 amide bonds. The van der Waals surface area contributed by atoms with Crippen LogP contribution in [0.25, 0.3) is 0 Å². The highest BCUT2D eigenvalue weighted by Gasteiger charge is 2.25. The third kappa shape index (κ3) is 3.83. The van der Waals surface area contributed by atoms with Crippen LogP contribution in [-0.2, 0) is 0 Å². The molecule has 3 atom stereocenters. The number of nitrogens with one attached hydrogen (secondary N) is 1. The molecule has 1 aromatic carbocycles. The van der Waals surface area contributed by atoms with Gasteiger partial charge in [-0.05, 0) is 63.7 Å². The molecule has 1 fully saturated rings. The third-order valence-corrected chi connectivity index (χ3v) is 4.86. The summed E-state index contributed by atoms with van der Waals surface area (Å²) in [4.78, 5) is 2.59. The second-order valence-corrected chi connectivity index (χ2v) is 6.33. The second-order valence-electron chi connectivity index (χ2n) is 6.33. The smallest absolute Gasteiger partial charge is 0.0296 e. The average molecular weight is 274 g/mol. The van der Waals surface area contributed by atoms with E-state index < -0.39 is 0 Å². The van der Waals surface area contributed by atoms with Crippen LogP contribution in [0.2, 0.25) is 0 Å². The van der Waals surface area contributed by atoms with E-state index in [1.54, 1.807) is 0 Å². The maximum atomic E-state index is 3.82. The molecular weight excluding hydrogens is 244 g/mol. The van der Waals surface area contributed by atoms with E-state index in [2.05, 4.69) is 62.2 Å². The minimum Gasteiger partial charge on any atom is -0.307 e. The van der Waals surface area contributed by atoms with E-state index in [0.717, 1.165) is 5.92 Å². The molecule has 1 heterocycles. The highest BCUT2D eigenvalue weighted by atomic mass is 15.1. The Labute approximate surface area is 124 Å². The van der Waals surface area contributed by atoms with Crippen LogP contribution in [0.4, 0.5) is 0 Å². The lowest BCUT2D eigenvalue weighted by Crippen LogP contribution is -2.45. The van der Waals surface area contributed by atoms with Crippen LogP contribution in [-0.4, -0.2) is 30.6 Å². The van der Waals surface area contributed by atoms with Crippen LogP contribution in [0.5, 0.6) is 0 Å². The zero-order valence-corrected chi connectivity index (χ0v) is 13.5. The standard InChI is InChI=1S/C18H30N2/c1-5-20-12-8-10-17(13-20)15(3)19-16(4)18-11-7-6-9-14(18)2/h6-7,9,11,15-17,19H,5,8,10,12-13H2,1-4H3/t15?,16-,17?/m0/s1. The Hall–Kier alpha value is -0.860. The summed E-state index contributed by atoms with van der Waals surface area (Å²) in [5, 5.41) is 3.82. The molecule has 0 aliphatic carbocycles. The van der Waals surface area contributed by atoms with Gasteiger partial charge in [0.2, 0.25) is 0 Å². The molecule has 0 saturated carbocycles. The number of aryl methyl sites for hydroxylation is 1. The maximum absolute atomic E-state index is 3.82. The minimum absolute atomic E-state index is 0.434. The van der Waals surface area contributed by atoms with Gasteiger partial charge in [-0.1, -0.05) is 31.2 Å². The summed E-state index contributed by atoms with van der Waals surface area (Å²) in [5.74, 6) is 0.787. The Bertz CT molecular complexity index is 416. The second kappa shape index (κ2) is 7.24. The number of nitrogens with zero attached hydrogens (tertiary/aromatic N) is 1. The van der Waals surface area contributed by atoms with Gasteiger partial charge in [0.25, 0.3) is 0 Å². The molecule has 2 unspecified atom stereocenters. The van der Waals surface area contributed by atoms with E-state index in [4.69, 9.17) is 0 Å². The lowest BCUT2D eigenvalue weighted by molar-refractivity contribution is 0.153. The molecule has 0 aromatic heterocycles. The van der Waals surface area contributed by atoms with Gasteiger partial charge in [-0.25, -0.2) is 0 Å². The summed E-state index contributed by atoms with van der Waals surface area (Å²) in [7, 11) is 0. The SMILES string of the molecule is CCN1CCCC(C(C)N[C@@H](C)c2ccccc2C)C1.